The molecule has 0 bridgehead atoms. The normalized spacial score (nSPS) is 29.6. The van der Waals surface area contributed by atoms with Gasteiger partial charge in [-0.2, -0.15) is 0 Å². The molecule has 3 rings (SSSR count). The van der Waals surface area contributed by atoms with Gasteiger partial charge in [-0.1, -0.05) is 19.4 Å². The SMILES string of the molecule is CCC(=O)N1NCCC2C(C)C(C(=O)COC(=O)CC3=CSCC3)NC(=O)C21. The molecule has 28 heavy (non-hydrogen) atoms. The highest BCUT2D eigenvalue weighted by Gasteiger charge is 2.49. The van der Waals surface area contributed by atoms with Crippen molar-refractivity contribution in [3.63, 3.8) is 0 Å². The summed E-state index contributed by atoms with van der Waals surface area (Å²) in [6.07, 6.45) is 2.07. The Morgan fingerprint density at radius 3 is 2.82 bits per heavy atom. The molecule has 3 heterocycles. The van der Waals surface area contributed by atoms with Crippen molar-refractivity contribution in [3.05, 3.63) is 11.0 Å². The van der Waals surface area contributed by atoms with Gasteiger partial charge >= 0.3 is 5.97 Å². The van der Waals surface area contributed by atoms with E-state index < -0.39 is 18.1 Å². The summed E-state index contributed by atoms with van der Waals surface area (Å²) in [5, 5.41) is 6.12. The third kappa shape index (κ3) is 4.41. The van der Waals surface area contributed by atoms with Crippen LogP contribution < -0.4 is 10.7 Å². The smallest absolute Gasteiger partial charge is 0.310 e. The van der Waals surface area contributed by atoms with Gasteiger partial charge in [0.1, 0.15) is 6.04 Å². The minimum absolute atomic E-state index is 0.115. The molecule has 9 heteroatoms. The number of nitrogens with zero attached hydrogens (tertiary/aromatic N) is 1. The van der Waals surface area contributed by atoms with Crippen molar-refractivity contribution in [3.8, 4) is 0 Å². The van der Waals surface area contributed by atoms with E-state index in [0.29, 0.717) is 19.4 Å². The number of ether oxygens (including phenoxy) is 1. The summed E-state index contributed by atoms with van der Waals surface area (Å²) in [6, 6.07) is -1.32. The summed E-state index contributed by atoms with van der Waals surface area (Å²) in [4.78, 5) is 49.4. The summed E-state index contributed by atoms with van der Waals surface area (Å²) in [6.45, 7) is 3.89. The second-order valence-electron chi connectivity index (χ2n) is 7.47. The standard InChI is InChI=1S/C19H27N3O5S/c1-3-15(24)22-18-13(4-6-20-22)11(2)17(21-19(18)26)14(23)9-27-16(25)8-12-5-7-28-10-12/h10-11,13,17-18,20H,3-9H2,1-2H3,(H,21,26). The molecule has 4 atom stereocenters. The largest absolute Gasteiger partial charge is 0.457 e. The minimum Gasteiger partial charge on any atom is -0.457 e. The van der Waals surface area contributed by atoms with Crippen LogP contribution in [-0.2, 0) is 23.9 Å². The fourth-order valence-corrected chi connectivity index (χ4v) is 5.03. The Morgan fingerprint density at radius 2 is 2.14 bits per heavy atom. The molecule has 0 saturated carbocycles. The van der Waals surface area contributed by atoms with Crippen LogP contribution in [0.4, 0.5) is 0 Å². The third-order valence-corrected chi connectivity index (χ3v) is 6.61. The van der Waals surface area contributed by atoms with Crippen molar-refractivity contribution in [1.29, 1.82) is 0 Å². The summed E-state index contributed by atoms with van der Waals surface area (Å²) < 4.78 is 5.15. The lowest BCUT2D eigenvalue weighted by molar-refractivity contribution is -0.158. The maximum Gasteiger partial charge on any atom is 0.310 e. The van der Waals surface area contributed by atoms with E-state index >= 15 is 0 Å². The summed E-state index contributed by atoms with van der Waals surface area (Å²) >= 11 is 1.67. The Labute approximate surface area is 168 Å². The van der Waals surface area contributed by atoms with Crippen LogP contribution in [0.1, 0.15) is 39.5 Å². The van der Waals surface area contributed by atoms with Crippen LogP contribution in [-0.4, -0.2) is 59.6 Å². The Bertz CT molecular complexity index is 695. The minimum atomic E-state index is -0.709. The quantitative estimate of drug-likeness (QED) is 0.625. The predicted octanol–water partition coefficient (Wildman–Crippen LogP) is 0.776. The van der Waals surface area contributed by atoms with Gasteiger partial charge in [0.05, 0.1) is 12.5 Å². The number of rotatable bonds is 6. The van der Waals surface area contributed by atoms with Crippen LogP contribution in [0.15, 0.2) is 11.0 Å². The monoisotopic (exact) mass is 409 g/mol. The summed E-state index contributed by atoms with van der Waals surface area (Å²) in [5.74, 6) is -0.508. The van der Waals surface area contributed by atoms with Gasteiger partial charge in [0.2, 0.25) is 11.8 Å². The van der Waals surface area contributed by atoms with Gasteiger partial charge in [-0.25, -0.2) is 5.43 Å². The van der Waals surface area contributed by atoms with Crippen molar-refractivity contribution in [1.82, 2.24) is 15.8 Å². The number of piperidine rings is 1. The van der Waals surface area contributed by atoms with Crippen LogP contribution in [0, 0.1) is 11.8 Å². The molecular formula is C19H27N3O5S. The number of fused-ring (bicyclic) bond motifs is 1. The topological polar surface area (TPSA) is 105 Å². The molecule has 2 amide bonds. The number of ketones is 1. The fraction of sp³-hybridized carbons (Fsp3) is 0.684. The predicted molar refractivity (Wildman–Crippen MR) is 104 cm³/mol. The molecule has 2 N–H and O–H groups in total. The fourth-order valence-electron chi connectivity index (χ4n) is 4.10. The van der Waals surface area contributed by atoms with Gasteiger partial charge in [-0.05, 0) is 30.1 Å². The van der Waals surface area contributed by atoms with E-state index in [2.05, 4.69) is 10.7 Å². The third-order valence-electron chi connectivity index (χ3n) is 5.67. The molecule has 2 fully saturated rings. The van der Waals surface area contributed by atoms with Gasteiger partial charge in [-0.3, -0.25) is 24.2 Å². The van der Waals surface area contributed by atoms with E-state index in [0.717, 1.165) is 17.7 Å². The van der Waals surface area contributed by atoms with Crippen LogP contribution in [0.5, 0.6) is 0 Å². The molecule has 3 aliphatic heterocycles. The van der Waals surface area contributed by atoms with Crippen molar-refractivity contribution in [2.24, 2.45) is 11.8 Å². The van der Waals surface area contributed by atoms with Gasteiger partial charge in [0, 0.05) is 18.7 Å². The molecule has 0 radical (unpaired) electrons. The van der Waals surface area contributed by atoms with Crippen molar-refractivity contribution in [2.75, 3.05) is 18.9 Å². The maximum absolute atomic E-state index is 12.7. The number of hydrazine groups is 1. The molecule has 4 unspecified atom stereocenters. The number of carbonyl (C=O) groups is 4. The zero-order valence-corrected chi connectivity index (χ0v) is 17.0. The number of hydrogen-bond acceptors (Lipinski definition) is 7. The van der Waals surface area contributed by atoms with E-state index in [1.807, 2.05) is 12.3 Å². The van der Waals surface area contributed by atoms with E-state index in [-0.39, 0.29) is 42.5 Å². The van der Waals surface area contributed by atoms with Crippen molar-refractivity contribution >= 4 is 35.3 Å². The molecular weight excluding hydrogens is 382 g/mol. The van der Waals surface area contributed by atoms with E-state index in [4.69, 9.17) is 4.74 Å². The van der Waals surface area contributed by atoms with Gasteiger partial charge in [0.25, 0.3) is 0 Å². The van der Waals surface area contributed by atoms with E-state index in [9.17, 15) is 19.2 Å². The highest BCUT2D eigenvalue weighted by molar-refractivity contribution is 8.02. The molecule has 154 valence electrons. The van der Waals surface area contributed by atoms with Crippen LogP contribution in [0.25, 0.3) is 0 Å². The zero-order chi connectivity index (χ0) is 20.3. The molecule has 8 nitrogen and oxygen atoms in total. The highest BCUT2D eigenvalue weighted by atomic mass is 32.2. The maximum atomic E-state index is 12.7. The average Bonchev–Trinajstić information content (AvgIpc) is 3.20. The Morgan fingerprint density at radius 1 is 1.36 bits per heavy atom. The lowest BCUT2D eigenvalue weighted by Gasteiger charge is -2.48. The number of thioether (sulfide) groups is 1. The molecule has 0 spiro atoms. The van der Waals surface area contributed by atoms with Gasteiger partial charge in [-0.15, -0.1) is 11.8 Å². The van der Waals surface area contributed by atoms with Crippen molar-refractivity contribution < 1.29 is 23.9 Å². The van der Waals surface area contributed by atoms with Crippen LogP contribution in [0.3, 0.4) is 0 Å². The van der Waals surface area contributed by atoms with E-state index in [1.165, 1.54) is 5.01 Å². The Balaban J connectivity index is 1.59. The Kier molecular flexibility index (Phi) is 6.77. The number of esters is 1. The first-order valence-electron chi connectivity index (χ1n) is 9.76. The number of amides is 2. The highest BCUT2D eigenvalue weighted by Crippen LogP contribution is 2.33. The van der Waals surface area contributed by atoms with Crippen molar-refractivity contribution in [2.45, 2.75) is 51.6 Å². The van der Waals surface area contributed by atoms with E-state index in [1.54, 1.807) is 18.7 Å². The second kappa shape index (κ2) is 9.09. The summed E-state index contributed by atoms with van der Waals surface area (Å²) in [7, 11) is 0. The van der Waals surface area contributed by atoms with Gasteiger partial charge in [0.15, 0.2) is 12.4 Å². The molecule has 0 aromatic rings. The summed E-state index contributed by atoms with van der Waals surface area (Å²) in [5.41, 5.74) is 4.03. The molecule has 2 saturated heterocycles. The average molecular weight is 410 g/mol. The zero-order valence-electron chi connectivity index (χ0n) is 16.2. The molecule has 0 aromatic carbocycles. The molecule has 0 aliphatic carbocycles. The van der Waals surface area contributed by atoms with Crippen LogP contribution >= 0.6 is 11.8 Å². The Hall–Kier alpha value is -1.87. The first-order chi connectivity index (χ1) is 13.4. The van der Waals surface area contributed by atoms with Gasteiger partial charge < -0.3 is 10.1 Å². The lowest BCUT2D eigenvalue weighted by Crippen LogP contribution is -2.70. The number of Topliss-reactive ketones (excluding diaryl/α,β-unsaturated/α-hetero) is 1. The lowest BCUT2D eigenvalue weighted by atomic mass is 9.74. The first-order valence-corrected chi connectivity index (χ1v) is 10.8. The number of carbonyl (C=O) groups excluding carboxylic acids is 4. The molecule has 3 aliphatic rings. The van der Waals surface area contributed by atoms with Crippen LogP contribution in [0.2, 0.25) is 0 Å². The second-order valence-corrected chi connectivity index (χ2v) is 8.45. The molecule has 0 aromatic heterocycles. The first kappa shape index (κ1) is 20.9. The number of hydrogen-bond donors (Lipinski definition) is 2. The number of nitrogens with one attached hydrogen (secondary N) is 2.